The molecule has 0 spiro atoms. The number of rotatable bonds is 0. The first-order valence-corrected chi connectivity index (χ1v) is 4.91. The minimum atomic E-state index is -4.64. The van der Waals surface area contributed by atoms with Gasteiger partial charge in [-0.2, -0.15) is 13.2 Å². The Labute approximate surface area is 88.7 Å². The van der Waals surface area contributed by atoms with Crippen molar-refractivity contribution in [3.63, 3.8) is 0 Å². The average molecular weight is 286 g/mol. The maximum Gasteiger partial charge on any atom is 0.466 e. The summed E-state index contributed by atoms with van der Waals surface area (Å²) in [6.45, 7) is 0. The van der Waals surface area contributed by atoms with Gasteiger partial charge in [0, 0.05) is 0 Å². The van der Waals surface area contributed by atoms with Crippen molar-refractivity contribution in [3.8, 4) is 0 Å². The molecule has 0 saturated carbocycles. The topological polar surface area (TPSA) is 81.6 Å². The van der Waals surface area contributed by atoms with E-state index in [0.29, 0.717) is 0 Å². The van der Waals surface area contributed by atoms with Crippen molar-refractivity contribution in [2.24, 2.45) is 0 Å². The predicted octanol–water partition coefficient (Wildman–Crippen LogP) is 0.474. The third-order valence-corrected chi connectivity index (χ3v) is 1.09. The lowest BCUT2D eigenvalue weighted by molar-refractivity contribution is -0.888. The average Bonchev–Trinajstić information content (AvgIpc) is 2.18. The largest absolute Gasteiger partial charge is 0.466 e. The molecule has 5 nitrogen and oxygen atoms in total. The second-order valence-electron chi connectivity index (χ2n) is 2.32. The molecule has 3 N–H and O–H groups in total. The van der Waals surface area contributed by atoms with E-state index in [4.69, 9.17) is 19.2 Å². The van der Waals surface area contributed by atoms with E-state index in [1.54, 1.807) is 0 Å². The summed E-state index contributed by atoms with van der Waals surface area (Å²) >= 11 is 0. The highest BCUT2D eigenvalue weighted by atomic mass is 31.2. The summed E-state index contributed by atoms with van der Waals surface area (Å²) in [7, 11) is -4.64. The number of aromatic nitrogens is 1. The monoisotopic (exact) mass is 286 g/mol. The number of nitrogens with zero attached hydrogens (tertiary/aromatic N) is 1. The van der Waals surface area contributed by atoms with E-state index in [1.807, 2.05) is 0 Å². The smallest absolute Gasteiger partial charge is 0.303 e. The van der Waals surface area contributed by atoms with Crippen LogP contribution in [0.2, 0.25) is 0 Å². The quantitative estimate of drug-likeness (QED) is 0.368. The van der Waals surface area contributed by atoms with Gasteiger partial charge in [0.25, 0.3) is 11.6 Å². The molecule has 0 bridgehead atoms. The van der Waals surface area contributed by atoms with Crippen molar-refractivity contribution in [2.45, 2.75) is 0 Å². The van der Waals surface area contributed by atoms with Crippen LogP contribution >= 0.6 is 7.82 Å². The second-order valence-corrected chi connectivity index (χ2v) is 3.34. The number of halogens is 6. The van der Waals surface area contributed by atoms with Gasteiger partial charge in [0.15, 0.2) is 0 Å². The lowest BCUT2D eigenvalue weighted by Crippen LogP contribution is -2.36. The van der Waals surface area contributed by atoms with E-state index < -0.39 is 42.0 Å². The maximum absolute atomic E-state index is 12.0. The fraction of sp³-hybridized carbons (Fsp3) is 0. The molecular weight excluding hydrogens is 283 g/mol. The first-order chi connectivity index (χ1) is 7.46. The van der Waals surface area contributed by atoms with Crippen molar-refractivity contribution in [3.05, 3.63) is 29.3 Å². The summed E-state index contributed by atoms with van der Waals surface area (Å²) in [6.07, 6.45) is 0. The van der Waals surface area contributed by atoms with E-state index in [9.17, 15) is 26.4 Å². The molecule has 0 fully saturated rings. The second kappa shape index (κ2) is 5.45. The van der Waals surface area contributed by atoms with Crippen LogP contribution in [0.25, 0.3) is 0 Å². The zero-order valence-corrected chi connectivity index (χ0v) is 8.31. The Balaban J connectivity index is 0.000000437. The lowest BCUT2D eigenvalue weighted by atomic mass is 10.4. The maximum atomic E-state index is 12.0. The molecule has 0 atom stereocenters. The van der Waals surface area contributed by atoms with Gasteiger partial charge in [-0.3, -0.25) is 0 Å². The van der Waals surface area contributed by atoms with Gasteiger partial charge in [-0.25, -0.2) is 4.57 Å². The van der Waals surface area contributed by atoms with E-state index in [0.717, 1.165) is 0 Å². The van der Waals surface area contributed by atoms with Gasteiger partial charge in [0.05, 0.1) is 4.79 Å². The van der Waals surface area contributed by atoms with Crippen LogP contribution in [0.1, 0.15) is 0 Å². The standard InChI is InChI=1S/C5F6N.H3O4P/c6-1-2(7)4(9)12(11)5(10)3(1)8;1-5(2,3)4/h;(H3,1,2,3,4)/q+1;. The van der Waals surface area contributed by atoms with Crippen molar-refractivity contribution in [2.75, 3.05) is 0 Å². The van der Waals surface area contributed by atoms with Crippen LogP contribution in [0.5, 0.6) is 0 Å². The summed E-state index contributed by atoms with van der Waals surface area (Å²) in [5.74, 6) is -12.1. The Morgan fingerprint density at radius 1 is 0.824 bits per heavy atom. The minimum absolute atomic E-state index is 1.56. The molecule has 0 aliphatic heterocycles. The summed E-state index contributed by atoms with van der Waals surface area (Å²) < 4.78 is 80.9. The first kappa shape index (κ1) is 15.8. The van der Waals surface area contributed by atoms with Crippen LogP contribution < -0.4 is 4.79 Å². The molecule has 0 aliphatic carbocycles. The Kier molecular flexibility index (Phi) is 5.08. The highest BCUT2D eigenvalue weighted by molar-refractivity contribution is 7.45. The van der Waals surface area contributed by atoms with E-state index in [1.165, 1.54) is 0 Å². The molecule has 98 valence electrons. The molecule has 0 unspecified atom stereocenters. The number of hydrogen-bond acceptors (Lipinski definition) is 1. The van der Waals surface area contributed by atoms with Gasteiger partial charge in [0.2, 0.25) is 5.82 Å². The molecule has 0 aliphatic rings. The van der Waals surface area contributed by atoms with Gasteiger partial charge in [-0.05, 0) is 0 Å². The molecular formula is C5H3F6NO4P+. The van der Waals surface area contributed by atoms with Crippen molar-refractivity contribution in [1.82, 2.24) is 0 Å². The van der Waals surface area contributed by atoms with Crippen molar-refractivity contribution in [1.29, 1.82) is 0 Å². The van der Waals surface area contributed by atoms with E-state index in [-0.39, 0.29) is 0 Å². The van der Waals surface area contributed by atoms with E-state index >= 15 is 0 Å². The molecule has 1 aromatic rings. The van der Waals surface area contributed by atoms with Crippen LogP contribution in [-0.2, 0) is 4.57 Å². The van der Waals surface area contributed by atoms with Gasteiger partial charge < -0.3 is 14.7 Å². The fourth-order valence-electron chi connectivity index (χ4n) is 0.536. The van der Waals surface area contributed by atoms with Gasteiger partial charge in [0.1, 0.15) is 4.48 Å². The van der Waals surface area contributed by atoms with Crippen LogP contribution in [0, 0.1) is 29.3 Å². The van der Waals surface area contributed by atoms with Crippen molar-refractivity contribution >= 4 is 7.82 Å². The predicted molar refractivity (Wildman–Crippen MR) is 37.2 cm³/mol. The highest BCUT2D eigenvalue weighted by Gasteiger charge is 2.34. The lowest BCUT2D eigenvalue weighted by Gasteiger charge is -1.91. The number of pyridine rings is 1. The number of phosphoric acid groups is 1. The van der Waals surface area contributed by atoms with Gasteiger partial charge >= 0.3 is 19.7 Å². The van der Waals surface area contributed by atoms with Crippen LogP contribution in [0.4, 0.5) is 26.4 Å². The summed E-state index contributed by atoms with van der Waals surface area (Å²) in [5, 5.41) is 0. The Bertz CT molecular complexity index is 363. The van der Waals surface area contributed by atoms with Gasteiger partial charge in [-0.1, -0.05) is 0 Å². The Morgan fingerprint density at radius 3 is 1.29 bits per heavy atom. The van der Waals surface area contributed by atoms with Crippen LogP contribution in [-0.4, -0.2) is 14.7 Å². The number of hydrogen-bond donors (Lipinski definition) is 3. The van der Waals surface area contributed by atoms with Crippen LogP contribution in [0.3, 0.4) is 0 Å². The third kappa shape index (κ3) is 4.69. The molecule has 0 amide bonds. The third-order valence-electron chi connectivity index (χ3n) is 1.09. The molecule has 17 heavy (non-hydrogen) atoms. The summed E-state index contributed by atoms with van der Waals surface area (Å²) in [6, 6.07) is 0. The molecule has 1 rings (SSSR count). The molecule has 0 aromatic carbocycles. The van der Waals surface area contributed by atoms with Crippen LogP contribution in [0.15, 0.2) is 0 Å². The zero-order valence-electron chi connectivity index (χ0n) is 7.41. The SMILES string of the molecule is Fc1c(F)c(F)[n+](F)c(F)c1F.O=P(O)(O)O. The molecule has 1 aromatic heterocycles. The molecule has 1 heterocycles. The summed E-state index contributed by atoms with van der Waals surface area (Å²) in [4.78, 5) is 20.0. The van der Waals surface area contributed by atoms with E-state index in [2.05, 4.69) is 0 Å². The normalized spacial score (nSPS) is 10.9. The molecule has 12 heteroatoms. The minimum Gasteiger partial charge on any atom is -0.303 e. The fourth-order valence-corrected chi connectivity index (χ4v) is 0.536. The molecule has 0 saturated heterocycles. The Morgan fingerprint density at radius 2 is 1.06 bits per heavy atom. The Hall–Kier alpha value is -1.16. The zero-order chi connectivity index (χ0) is 14.0. The summed E-state index contributed by atoms with van der Waals surface area (Å²) in [5.41, 5.74) is 0. The first-order valence-electron chi connectivity index (χ1n) is 3.34. The van der Waals surface area contributed by atoms with Gasteiger partial charge in [-0.15, -0.1) is 8.78 Å². The van der Waals surface area contributed by atoms with Crippen molar-refractivity contribution < 1.29 is 50.5 Å². The molecule has 0 radical (unpaired) electrons. The highest BCUT2D eigenvalue weighted by Crippen LogP contribution is 2.25.